The Kier molecular flexibility index (Phi) is 6.39. The number of thiophene rings is 1. The zero-order valence-electron chi connectivity index (χ0n) is 15.0. The molecule has 0 aromatic carbocycles. The van der Waals surface area contributed by atoms with Gasteiger partial charge in [-0.05, 0) is 58.8 Å². The molecule has 0 spiro atoms. The lowest BCUT2D eigenvalue weighted by Crippen LogP contribution is -2.38. The molecule has 2 aliphatic heterocycles. The third-order valence-electron chi connectivity index (χ3n) is 5.06. The number of nitrogens with one attached hydrogen (secondary N) is 1. The van der Waals surface area contributed by atoms with Crippen molar-refractivity contribution >= 4 is 44.6 Å². The van der Waals surface area contributed by atoms with Crippen molar-refractivity contribution in [2.45, 2.75) is 18.5 Å². The van der Waals surface area contributed by atoms with Gasteiger partial charge in [-0.2, -0.15) is 0 Å². The number of hydrogen-bond acceptors (Lipinski definition) is 5. The van der Waals surface area contributed by atoms with Crippen LogP contribution in [0.3, 0.4) is 0 Å². The minimum absolute atomic E-state index is 0.0765. The van der Waals surface area contributed by atoms with Crippen LogP contribution in [0.1, 0.15) is 29.1 Å². The van der Waals surface area contributed by atoms with E-state index in [4.69, 9.17) is 17.0 Å². The maximum Gasteiger partial charge on any atom is 0.170 e. The predicted molar refractivity (Wildman–Crippen MR) is 116 cm³/mol. The lowest BCUT2D eigenvalue weighted by Gasteiger charge is -2.30. The van der Waals surface area contributed by atoms with Gasteiger partial charge in [0.05, 0.1) is 34.8 Å². The fraction of sp³-hybridized carbons (Fsp3) is 0.474. The molecule has 2 aromatic heterocycles. The van der Waals surface area contributed by atoms with Gasteiger partial charge >= 0.3 is 0 Å². The zero-order valence-corrected chi connectivity index (χ0v) is 18.2. The Labute approximate surface area is 177 Å². The molecular weight excluding hydrogens is 444 g/mol. The first-order chi connectivity index (χ1) is 13.2. The molecule has 2 atom stereocenters. The molecular formula is C19H23BrN4OS2. The lowest BCUT2D eigenvalue weighted by molar-refractivity contribution is 0.0366. The molecule has 27 heavy (non-hydrogen) atoms. The standard InChI is InChI=1S/C19H23BrN4OS2/c20-16-6-5-15(27-16)18-17(14-4-1-2-7-21-14)22-19(26)24(18)9-3-8-23-10-12-25-13-11-23/h1-2,4-7,17-18H,3,8-13H2,(H,22,26)/t17-,18+/m0/s1. The highest BCUT2D eigenvalue weighted by atomic mass is 79.9. The predicted octanol–water partition coefficient (Wildman–Crippen LogP) is 3.60. The molecule has 0 bridgehead atoms. The van der Waals surface area contributed by atoms with E-state index in [0.717, 1.165) is 60.4 Å². The number of aromatic nitrogens is 1. The zero-order chi connectivity index (χ0) is 18.6. The van der Waals surface area contributed by atoms with Crippen LogP contribution in [0.15, 0.2) is 40.3 Å². The number of ether oxygens (including phenoxy) is 1. The summed E-state index contributed by atoms with van der Waals surface area (Å²) in [5.74, 6) is 0. The summed E-state index contributed by atoms with van der Waals surface area (Å²) in [6, 6.07) is 10.6. The first-order valence-corrected chi connectivity index (χ1v) is 11.3. The third kappa shape index (κ3) is 4.51. The molecule has 0 radical (unpaired) electrons. The van der Waals surface area contributed by atoms with E-state index < -0.39 is 0 Å². The Hall–Kier alpha value is -1.06. The summed E-state index contributed by atoms with van der Waals surface area (Å²) in [6.45, 7) is 5.76. The fourth-order valence-electron chi connectivity index (χ4n) is 3.73. The molecule has 4 rings (SSSR count). The van der Waals surface area contributed by atoms with E-state index in [-0.39, 0.29) is 12.1 Å². The van der Waals surface area contributed by atoms with Gasteiger partial charge in [-0.3, -0.25) is 9.88 Å². The molecule has 4 heterocycles. The Balaban J connectivity index is 1.50. The second-order valence-electron chi connectivity index (χ2n) is 6.77. The topological polar surface area (TPSA) is 40.6 Å². The molecule has 0 amide bonds. The van der Waals surface area contributed by atoms with Gasteiger partial charge in [-0.1, -0.05) is 6.07 Å². The molecule has 144 valence electrons. The van der Waals surface area contributed by atoms with E-state index in [1.807, 2.05) is 18.3 Å². The minimum atomic E-state index is 0.0765. The van der Waals surface area contributed by atoms with Crippen LogP contribution in [-0.4, -0.2) is 59.3 Å². The highest BCUT2D eigenvalue weighted by Gasteiger charge is 2.40. The van der Waals surface area contributed by atoms with Gasteiger partial charge in [-0.25, -0.2) is 0 Å². The van der Waals surface area contributed by atoms with E-state index >= 15 is 0 Å². The molecule has 1 N–H and O–H groups in total. The third-order valence-corrected chi connectivity index (χ3v) is 7.11. The van der Waals surface area contributed by atoms with Gasteiger partial charge < -0.3 is 15.0 Å². The van der Waals surface area contributed by atoms with Crippen LogP contribution in [-0.2, 0) is 4.74 Å². The Bertz CT molecular complexity index is 766. The van der Waals surface area contributed by atoms with Crippen molar-refractivity contribution in [2.24, 2.45) is 0 Å². The molecule has 2 aromatic rings. The van der Waals surface area contributed by atoms with Crippen molar-refractivity contribution in [2.75, 3.05) is 39.4 Å². The second-order valence-corrected chi connectivity index (χ2v) is 9.65. The monoisotopic (exact) mass is 466 g/mol. The van der Waals surface area contributed by atoms with Gasteiger partial charge in [-0.15, -0.1) is 11.3 Å². The maximum absolute atomic E-state index is 5.72. The highest BCUT2D eigenvalue weighted by molar-refractivity contribution is 9.11. The van der Waals surface area contributed by atoms with E-state index in [0.29, 0.717) is 0 Å². The Morgan fingerprint density at radius 1 is 1.22 bits per heavy atom. The molecule has 2 fully saturated rings. The van der Waals surface area contributed by atoms with Crippen LogP contribution >= 0.6 is 39.5 Å². The van der Waals surface area contributed by atoms with Crippen molar-refractivity contribution in [3.63, 3.8) is 0 Å². The first kappa shape index (κ1) is 19.3. The average Bonchev–Trinajstić information content (AvgIpc) is 3.27. The summed E-state index contributed by atoms with van der Waals surface area (Å²) in [7, 11) is 0. The van der Waals surface area contributed by atoms with Gasteiger partial charge in [0.1, 0.15) is 0 Å². The summed E-state index contributed by atoms with van der Waals surface area (Å²) in [4.78, 5) is 10.7. The Morgan fingerprint density at radius 2 is 2.07 bits per heavy atom. The summed E-state index contributed by atoms with van der Waals surface area (Å²) < 4.78 is 6.59. The molecule has 8 heteroatoms. The number of hydrogen-bond donors (Lipinski definition) is 1. The number of morpholine rings is 1. The van der Waals surface area contributed by atoms with Crippen molar-refractivity contribution in [1.82, 2.24) is 20.1 Å². The number of nitrogens with zero attached hydrogens (tertiary/aromatic N) is 3. The van der Waals surface area contributed by atoms with Gasteiger partial charge in [0.2, 0.25) is 0 Å². The van der Waals surface area contributed by atoms with Gasteiger partial charge in [0.25, 0.3) is 0 Å². The molecule has 0 unspecified atom stereocenters. The number of rotatable bonds is 6. The second kappa shape index (κ2) is 8.96. The van der Waals surface area contributed by atoms with Crippen molar-refractivity contribution in [3.05, 3.63) is 50.9 Å². The van der Waals surface area contributed by atoms with E-state index in [2.05, 4.69) is 54.2 Å². The number of pyridine rings is 1. The molecule has 0 saturated carbocycles. The molecule has 2 aliphatic rings. The largest absolute Gasteiger partial charge is 0.379 e. The lowest BCUT2D eigenvalue weighted by atomic mass is 10.0. The first-order valence-electron chi connectivity index (χ1n) is 9.26. The van der Waals surface area contributed by atoms with Crippen LogP contribution in [0.25, 0.3) is 0 Å². The van der Waals surface area contributed by atoms with E-state index in [1.165, 1.54) is 4.88 Å². The average molecular weight is 467 g/mol. The Morgan fingerprint density at radius 3 is 2.78 bits per heavy atom. The summed E-state index contributed by atoms with van der Waals surface area (Å²) >= 11 is 11.1. The molecule has 2 saturated heterocycles. The van der Waals surface area contributed by atoms with E-state index in [9.17, 15) is 0 Å². The molecule has 5 nitrogen and oxygen atoms in total. The summed E-state index contributed by atoms with van der Waals surface area (Å²) in [6.07, 6.45) is 2.93. The normalized spacial score (nSPS) is 23.6. The summed E-state index contributed by atoms with van der Waals surface area (Å²) in [5, 5.41) is 4.34. The number of halogens is 1. The van der Waals surface area contributed by atoms with Crippen LogP contribution in [0, 0.1) is 0 Å². The smallest absolute Gasteiger partial charge is 0.170 e. The van der Waals surface area contributed by atoms with Gasteiger partial charge in [0, 0.05) is 37.3 Å². The van der Waals surface area contributed by atoms with Crippen LogP contribution in [0.2, 0.25) is 0 Å². The minimum Gasteiger partial charge on any atom is -0.379 e. The van der Waals surface area contributed by atoms with Gasteiger partial charge in [0.15, 0.2) is 5.11 Å². The highest BCUT2D eigenvalue weighted by Crippen LogP contribution is 2.42. The van der Waals surface area contributed by atoms with Crippen molar-refractivity contribution < 1.29 is 4.74 Å². The number of thiocarbonyl (C=S) groups is 1. The van der Waals surface area contributed by atoms with Crippen LogP contribution in [0.5, 0.6) is 0 Å². The fourth-order valence-corrected chi connectivity index (χ4v) is 5.64. The van der Waals surface area contributed by atoms with E-state index in [1.54, 1.807) is 11.3 Å². The maximum atomic E-state index is 5.72. The molecule has 0 aliphatic carbocycles. The SMILES string of the molecule is S=C1N[C@@H](c2ccccn2)[C@@H](c2ccc(Br)s2)N1CCCN1CCOCC1. The van der Waals surface area contributed by atoms with Crippen LogP contribution < -0.4 is 5.32 Å². The van der Waals surface area contributed by atoms with Crippen LogP contribution in [0.4, 0.5) is 0 Å². The van der Waals surface area contributed by atoms with Crippen molar-refractivity contribution in [3.8, 4) is 0 Å². The summed E-state index contributed by atoms with van der Waals surface area (Å²) in [5.41, 5.74) is 1.03. The quantitative estimate of drug-likeness (QED) is 0.655. The van der Waals surface area contributed by atoms with Crippen molar-refractivity contribution in [1.29, 1.82) is 0 Å².